The Morgan fingerprint density at radius 2 is 1.75 bits per heavy atom. The van der Waals surface area contributed by atoms with Crippen molar-refractivity contribution in [3.05, 3.63) is 34.2 Å². The van der Waals surface area contributed by atoms with E-state index < -0.39 is 116 Å². The molecule has 0 bridgehead atoms. The van der Waals surface area contributed by atoms with Crippen LogP contribution in [0.4, 0.5) is 22.4 Å². The second-order valence-electron chi connectivity index (χ2n) is 17.9. The highest BCUT2D eigenvalue weighted by Crippen LogP contribution is 2.53. The van der Waals surface area contributed by atoms with Gasteiger partial charge in [0.25, 0.3) is 23.3 Å². The number of benzene rings is 1. The highest BCUT2D eigenvalue weighted by Gasteiger charge is 2.70. The quantitative estimate of drug-likeness (QED) is 0.125. The molecule has 1 aromatic heterocycles. The summed E-state index contributed by atoms with van der Waals surface area (Å²) in [6, 6.07) is 2.11. The van der Waals surface area contributed by atoms with Crippen LogP contribution in [0.2, 0.25) is 0 Å². The summed E-state index contributed by atoms with van der Waals surface area (Å²) in [5.74, 6) is -11.5. The van der Waals surface area contributed by atoms with Gasteiger partial charge in [-0.15, -0.1) is 0 Å². The molecule has 4 N–H and O–H groups in total. The van der Waals surface area contributed by atoms with Crippen molar-refractivity contribution in [2.24, 2.45) is 23.2 Å². The zero-order valence-corrected chi connectivity index (χ0v) is 35.4. The first kappa shape index (κ1) is 45.0. The van der Waals surface area contributed by atoms with Crippen molar-refractivity contribution >= 4 is 44.9 Å². The molecule has 7 atom stereocenters. The number of rotatable bonds is 17. The molecule has 0 spiro atoms. The number of nitrogens with zero attached hydrogens (tertiary/aromatic N) is 2. The highest BCUT2D eigenvalue weighted by atomic mass is 32.2. The fraction of sp³-hybridized carbons (Fsp3) is 0.700. The molecule has 4 aliphatic rings. The Labute approximate surface area is 345 Å². The van der Waals surface area contributed by atoms with E-state index in [0.29, 0.717) is 57.6 Å². The molecule has 4 fully saturated rings. The van der Waals surface area contributed by atoms with Gasteiger partial charge >= 0.3 is 6.09 Å². The van der Waals surface area contributed by atoms with Crippen molar-refractivity contribution < 1.29 is 54.6 Å². The van der Waals surface area contributed by atoms with E-state index in [1.807, 2.05) is 4.72 Å². The third kappa shape index (κ3) is 9.67. The van der Waals surface area contributed by atoms with Gasteiger partial charge in [-0.05, 0) is 81.3 Å². The van der Waals surface area contributed by atoms with Crippen LogP contribution in [-0.2, 0) is 35.1 Å². The standard InChI is InChI=1S/C40H54F4N6O9S/c1-7-21-15-17-50(29(21)32(51)48-39(20-28(39)38(5,41)42)35(54)49-60(56,57)24-12-13-24)34(53)31(37(2,3)4)47-36(55)59-27-18-22(27)10-8-9-16-40(43,44)30-33(52)46-26-19-23(58-6)11-14-25(26)45-30/h11,14,19,21-22,24,27-29,31H,7-10,12-13,15-18,20H2,1-6H3,(H,46,52)(H,47,55)(H,48,51)(H,49,54)/t21-,22-,27?,28+,29+,31-,39?/m1/s1. The second-order valence-corrected chi connectivity index (χ2v) is 19.9. The Kier molecular flexibility index (Phi) is 12.3. The number of hydrogen-bond acceptors (Lipinski definition) is 10. The van der Waals surface area contributed by atoms with E-state index in [2.05, 4.69) is 20.6 Å². The van der Waals surface area contributed by atoms with Crippen molar-refractivity contribution in [3.63, 3.8) is 0 Å². The van der Waals surface area contributed by atoms with Crippen LogP contribution in [0, 0.1) is 23.2 Å². The van der Waals surface area contributed by atoms with E-state index in [0.717, 1.165) is 0 Å². The van der Waals surface area contributed by atoms with Crippen LogP contribution in [0.5, 0.6) is 5.75 Å². The minimum atomic E-state index is -4.12. The fourth-order valence-corrected chi connectivity index (χ4v) is 9.63. The summed E-state index contributed by atoms with van der Waals surface area (Å²) >= 11 is 0. The number of carbonyl (C=O) groups is 4. The number of hydrogen-bond donors (Lipinski definition) is 4. The molecule has 4 amide bonds. The van der Waals surface area contributed by atoms with Crippen molar-refractivity contribution in [1.29, 1.82) is 0 Å². The first-order valence-corrected chi connectivity index (χ1v) is 22.0. The number of H-pyrrole nitrogens is 1. The number of amides is 4. The van der Waals surface area contributed by atoms with Gasteiger partial charge in [0, 0.05) is 19.0 Å². The summed E-state index contributed by atoms with van der Waals surface area (Å²) in [6.45, 7) is 7.57. The Bertz CT molecular complexity index is 2170. The van der Waals surface area contributed by atoms with E-state index in [1.54, 1.807) is 33.8 Å². The second kappa shape index (κ2) is 16.4. The molecule has 6 rings (SSSR count). The van der Waals surface area contributed by atoms with Crippen LogP contribution < -0.4 is 25.7 Å². The van der Waals surface area contributed by atoms with Crippen LogP contribution in [-0.4, -0.2) is 95.7 Å². The molecule has 3 aliphatic carbocycles. The predicted molar refractivity (Wildman–Crippen MR) is 210 cm³/mol. The maximum Gasteiger partial charge on any atom is 0.408 e. The molecule has 0 radical (unpaired) electrons. The molecule has 2 unspecified atom stereocenters. The normalized spacial score (nSPS) is 26.0. The molecular formula is C40H54F4N6O9S. The van der Waals surface area contributed by atoms with E-state index >= 15 is 8.78 Å². The average molecular weight is 871 g/mol. The topological polar surface area (TPSA) is 206 Å². The molecule has 2 heterocycles. The SMILES string of the molecule is CC[C@@H]1CCN(C(=O)[C@@H](NC(=O)OC2C[C@H]2CCCCC(F)(F)c2nc3ccc(OC)cc3[nH]c2=O)C(C)(C)C)[C@@H]1C(=O)NC1(C(=O)NS(=O)(=O)C2CC2)C[C@H]1C(C)(F)F. The van der Waals surface area contributed by atoms with Gasteiger partial charge in [0.15, 0.2) is 5.69 Å². The number of aromatic nitrogens is 2. The summed E-state index contributed by atoms with van der Waals surface area (Å²) in [5, 5.41) is 4.26. The molecule has 15 nitrogen and oxygen atoms in total. The third-order valence-electron chi connectivity index (χ3n) is 12.2. The van der Waals surface area contributed by atoms with Gasteiger partial charge < -0.3 is 30.0 Å². The third-order valence-corrected chi connectivity index (χ3v) is 14.0. The molecular weight excluding hydrogens is 817 g/mol. The summed E-state index contributed by atoms with van der Waals surface area (Å²) in [5.41, 5.74) is -4.51. The maximum atomic E-state index is 15.1. The number of ether oxygens (including phenoxy) is 2. The number of unbranched alkanes of at least 4 members (excludes halogenated alkanes) is 1. The summed E-state index contributed by atoms with van der Waals surface area (Å²) < 4.78 is 97.3. The van der Waals surface area contributed by atoms with Crippen LogP contribution in [0.25, 0.3) is 11.0 Å². The van der Waals surface area contributed by atoms with Crippen molar-refractivity contribution in [3.8, 4) is 5.75 Å². The lowest BCUT2D eigenvalue weighted by atomic mass is 9.85. The van der Waals surface area contributed by atoms with Crippen molar-refractivity contribution in [2.75, 3.05) is 13.7 Å². The largest absolute Gasteiger partial charge is 0.497 e. The maximum absolute atomic E-state index is 15.1. The van der Waals surface area contributed by atoms with Crippen LogP contribution in [0.3, 0.4) is 0 Å². The number of alkyl carbamates (subject to hydrolysis) is 1. The number of fused-ring (bicyclic) bond motifs is 1. The minimum Gasteiger partial charge on any atom is -0.497 e. The number of aromatic amines is 1. The molecule has 1 aliphatic heterocycles. The summed E-state index contributed by atoms with van der Waals surface area (Å²) in [6.07, 6.45) is 0.270. The van der Waals surface area contributed by atoms with E-state index in [4.69, 9.17) is 9.47 Å². The van der Waals surface area contributed by atoms with Crippen LogP contribution in [0.15, 0.2) is 23.0 Å². The van der Waals surface area contributed by atoms with Gasteiger partial charge in [0.1, 0.15) is 29.5 Å². The average Bonchev–Trinajstić information content (AvgIpc) is 4.08. The minimum absolute atomic E-state index is 0.0704. The first-order valence-electron chi connectivity index (χ1n) is 20.4. The van der Waals surface area contributed by atoms with Gasteiger partial charge in [-0.3, -0.25) is 23.9 Å². The first-order chi connectivity index (χ1) is 27.9. The molecule has 60 heavy (non-hydrogen) atoms. The molecule has 20 heteroatoms. The van der Waals surface area contributed by atoms with Gasteiger partial charge in [0.2, 0.25) is 21.8 Å². The molecule has 1 saturated heterocycles. The Morgan fingerprint density at radius 1 is 1.05 bits per heavy atom. The van der Waals surface area contributed by atoms with E-state index in [1.165, 1.54) is 24.1 Å². The number of carbonyl (C=O) groups excluding carboxylic acids is 4. The Balaban J connectivity index is 1.04. The van der Waals surface area contributed by atoms with Crippen molar-refractivity contribution in [1.82, 2.24) is 30.2 Å². The summed E-state index contributed by atoms with van der Waals surface area (Å²) in [4.78, 5) is 74.9. The molecule has 2 aromatic rings. The number of methoxy groups -OCH3 is 1. The number of sulfonamides is 1. The van der Waals surface area contributed by atoms with E-state index in [9.17, 15) is 41.2 Å². The number of alkyl halides is 4. The van der Waals surface area contributed by atoms with E-state index in [-0.39, 0.29) is 29.9 Å². The Morgan fingerprint density at radius 3 is 2.35 bits per heavy atom. The van der Waals surface area contributed by atoms with Crippen LogP contribution >= 0.6 is 0 Å². The highest BCUT2D eigenvalue weighted by molar-refractivity contribution is 7.91. The zero-order chi connectivity index (χ0) is 44.2. The van der Waals surface area contributed by atoms with Gasteiger partial charge in [-0.25, -0.2) is 27.0 Å². The lowest BCUT2D eigenvalue weighted by Gasteiger charge is -2.36. The fourth-order valence-electron chi connectivity index (χ4n) is 8.27. The lowest BCUT2D eigenvalue weighted by molar-refractivity contribution is -0.144. The molecule has 1 aromatic carbocycles. The lowest BCUT2D eigenvalue weighted by Crippen LogP contribution is -2.61. The summed E-state index contributed by atoms with van der Waals surface area (Å²) in [7, 11) is -2.69. The number of nitrogens with one attached hydrogen (secondary N) is 4. The zero-order valence-electron chi connectivity index (χ0n) is 34.5. The van der Waals surface area contributed by atoms with Crippen molar-refractivity contribution in [2.45, 2.75) is 140 Å². The predicted octanol–water partition coefficient (Wildman–Crippen LogP) is 4.88. The van der Waals surface area contributed by atoms with Crippen LogP contribution in [0.1, 0.15) is 105 Å². The monoisotopic (exact) mass is 870 g/mol. The number of likely N-dealkylation sites (tertiary alicyclic amines) is 1. The smallest absolute Gasteiger partial charge is 0.408 e. The van der Waals surface area contributed by atoms with Gasteiger partial charge in [0.05, 0.1) is 29.3 Å². The molecule has 332 valence electrons. The number of halogens is 4. The molecule has 3 saturated carbocycles. The van der Waals surface area contributed by atoms with Gasteiger partial charge in [-0.1, -0.05) is 40.5 Å². The Hall–Kier alpha value is -4.49. The van der Waals surface area contributed by atoms with Gasteiger partial charge in [-0.2, -0.15) is 8.78 Å².